The van der Waals surface area contributed by atoms with E-state index in [4.69, 9.17) is 9.15 Å². The Labute approximate surface area is 116 Å². The summed E-state index contributed by atoms with van der Waals surface area (Å²) in [5.74, 6) is 0. The molecular weight excluding hydrogens is 258 g/mol. The maximum absolute atomic E-state index is 11.8. The fourth-order valence-electron chi connectivity index (χ4n) is 2.17. The van der Waals surface area contributed by atoms with Crippen molar-refractivity contribution in [1.82, 2.24) is 0 Å². The van der Waals surface area contributed by atoms with E-state index in [9.17, 15) is 9.59 Å². The number of carbonyl (C=O) groups is 1. The predicted octanol–water partition coefficient (Wildman–Crippen LogP) is 3.23. The van der Waals surface area contributed by atoms with Crippen molar-refractivity contribution in [2.45, 2.75) is 27.2 Å². The lowest BCUT2D eigenvalue weighted by molar-refractivity contribution is 0.168. The molecule has 5 nitrogen and oxygen atoms in total. The number of benzene rings is 1. The van der Waals surface area contributed by atoms with E-state index in [2.05, 4.69) is 5.32 Å². The quantitative estimate of drug-likeness (QED) is 0.873. The van der Waals surface area contributed by atoms with Gasteiger partial charge in [0.2, 0.25) is 0 Å². The summed E-state index contributed by atoms with van der Waals surface area (Å²) >= 11 is 0. The fourth-order valence-corrected chi connectivity index (χ4v) is 2.17. The minimum Gasteiger partial charge on any atom is -0.450 e. The first-order chi connectivity index (χ1) is 9.56. The molecular formula is C15H17NO4. The monoisotopic (exact) mass is 275 g/mol. The average Bonchev–Trinajstić information content (AvgIpc) is 2.39. The lowest BCUT2D eigenvalue weighted by Crippen LogP contribution is -2.13. The Bertz CT molecular complexity index is 703. The van der Waals surface area contributed by atoms with Crippen molar-refractivity contribution in [3.63, 3.8) is 0 Å². The molecule has 0 unspecified atom stereocenters. The summed E-state index contributed by atoms with van der Waals surface area (Å²) in [6, 6.07) is 5.21. The van der Waals surface area contributed by atoms with Gasteiger partial charge in [-0.15, -0.1) is 0 Å². The van der Waals surface area contributed by atoms with Crippen LogP contribution in [0.15, 0.2) is 27.4 Å². The van der Waals surface area contributed by atoms with Crippen LogP contribution in [0.4, 0.5) is 10.5 Å². The Kier molecular flexibility index (Phi) is 4.08. The molecule has 1 aromatic heterocycles. The standard InChI is InChI=1S/C15H17NO4/c1-4-11-9(3)12-7-6-10(16-15(18)19-5-2)8-13(12)20-14(11)17/h6-8H,4-5H2,1-3H3,(H,16,18). The van der Waals surface area contributed by atoms with E-state index in [0.717, 1.165) is 10.9 Å². The zero-order valence-corrected chi connectivity index (χ0v) is 11.8. The van der Waals surface area contributed by atoms with Crippen LogP contribution in [-0.2, 0) is 11.2 Å². The van der Waals surface area contributed by atoms with Crippen molar-refractivity contribution >= 4 is 22.7 Å². The molecule has 2 rings (SSSR count). The lowest BCUT2D eigenvalue weighted by atomic mass is 10.0. The first kappa shape index (κ1) is 14.1. The summed E-state index contributed by atoms with van der Waals surface area (Å²) in [5, 5.41) is 3.45. The second-order valence-corrected chi connectivity index (χ2v) is 4.40. The van der Waals surface area contributed by atoms with E-state index in [-0.39, 0.29) is 5.63 Å². The largest absolute Gasteiger partial charge is 0.450 e. The van der Waals surface area contributed by atoms with Gasteiger partial charge in [-0.1, -0.05) is 6.92 Å². The minimum absolute atomic E-state index is 0.299. The van der Waals surface area contributed by atoms with E-state index in [0.29, 0.717) is 29.9 Å². The van der Waals surface area contributed by atoms with Crippen molar-refractivity contribution in [2.24, 2.45) is 0 Å². The second-order valence-electron chi connectivity index (χ2n) is 4.40. The van der Waals surface area contributed by atoms with Crippen LogP contribution < -0.4 is 10.9 Å². The van der Waals surface area contributed by atoms with Crippen LogP contribution in [0, 0.1) is 6.92 Å². The number of ether oxygens (including phenoxy) is 1. The van der Waals surface area contributed by atoms with Gasteiger partial charge in [0.15, 0.2) is 0 Å². The molecule has 0 fully saturated rings. The molecule has 0 bridgehead atoms. The molecule has 2 aromatic rings. The molecule has 0 aliphatic heterocycles. The number of anilines is 1. The number of amides is 1. The van der Waals surface area contributed by atoms with Gasteiger partial charge in [0.05, 0.1) is 6.61 Å². The van der Waals surface area contributed by atoms with Crippen LogP contribution >= 0.6 is 0 Å². The van der Waals surface area contributed by atoms with Gasteiger partial charge in [0.1, 0.15) is 5.58 Å². The highest BCUT2D eigenvalue weighted by molar-refractivity contribution is 5.90. The third-order valence-corrected chi connectivity index (χ3v) is 3.16. The maximum atomic E-state index is 11.8. The van der Waals surface area contributed by atoms with E-state index < -0.39 is 6.09 Å². The van der Waals surface area contributed by atoms with Crippen LogP contribution in [0.2, 0.25) is 0 Å². The van der Waals surface area contributed by atoms with Crippen LogP contribution in [0.1, 0.15) is 25.0 Å². The van der Waals surface area contributed by atoms with Gasteiger partial charge < -0.3 is 9.15 Å². The van der Waals surface area contributed by atoms with Crippen molar-refractivity contribution in [1.29, 1.82) is 0 Å². The highest BCUT2D eigenvalue weighted by Gasteiger charge is 2.11. The maximum Gasteiger partial charge on any atom is 0.411 e. The van der Waals surface area contributed by atoms with Gasteiger partial charge in [-0.2, -0.15) is 0 Å². The van der Waals surface area contributed by atoms with Crippen molar-refractivity contribution in [3.8, 4) is 0 Å². The van der Waals surface area contributed by atoms with E-state index in [1.807, 2.05) is 19.9 Å². The van der Waals surface area contributed by atoms with Crippen LogP contribution in [0.5, 0.6) is 0 Å². The summed E-state index contributed by atoms with van der Waals surface area (Å²) in [6.45, 7) is 5.85. The SMILES string of the molecule is CCOC(=O)Nc1ccc2c(C)c(CC)c(=O)oc2c1. The summed E-state index contributed by atoms with van der Waals surface area (Å²) in [6.07, 6.45) is 0.100. The first-order valence-electron chi connectivity index (χ1n) is 6.57. The van der Waals surface area contributed by atoms with Gasteiger partial charge in [-0.3, -0.25) is 5.32 Å². The smallest absolute Gasteiger partial charge is 0.411 e. The number of fused-ring (bicyclic) bond motifs is 1. The zero-order chi connectivity index (χ0) is 14.7. The third-order valence-electron chi connectivity index (χ3n) is 3.16. The van der Waals surface area contributed by atoms with Crippen molar-refractivity contribution < 1.29 is 13.9 Å². The van der Waals surface area contributed by atoms with Crippen LogP contribution in [0.3, 0.4) is 0 Å². The summed E-state index contributed by atoms with van der Waals surface area (Å²) in [7, 11) is 0. The molecule has 0 aliphatic rings. The Morgan fingerprint density at radius 2 is 2.10 bits per heavy atom. The molecule has 0 radical (unpaired) electrons. The molecule has 20 heavy (non-hydrogen) atoms. The van der Waals surface area contributed by atoms with Gasteiger partial charge in [0, 0.05) is 22.7 Å². The summed E-state index contributed by atoms with van der Waals surface area (Å²) < 4.78 is 10.1. The predicted molar refractivity (Wildman–Crippen MR) is 77.2 cm³/mol. The van der Waals surface area contributed by atoms with E-state index in [1.54, 1.807) is 19.1 Å². The Morgan fingerprint density at radius 1 is 1.35 bits per heavy atom. The molecule has 1 amide bonds. The number of nitrogens with one attached hydrogen (secondary N) is 1. The average molecular weight is 275 g/mol. The first-order valence-corrected chi connectivity index (χ1v) is 6.57. The Balaban J connectivity index is 2.45. The summed E-state index contributed by atoms with van der Waals surface area (Å²) in [5.41, 5.74) is 2.26. The molecule has 0 saturated carbocycles. The minimum atomic E-state index is -0.531. The number of hydrogen-bond acceptors (Lipinski definition) is 4. The van der Waals surface area contributed by atoms with Gasteiger partial charge >= 0.3 is 11.7 Å². The number of aryl methyl sites for hydroxylation is 1. The molecule has 1 heterocycles. The highest BCUT2D eigenvalue weighted by Crippen LogP contribution is 2.23. The molecule has 1 N–H and O–H groups in total. The molecule has 1 aromatic carbocycles. The number of carbonyl (C=O) groups excluding carboxylic acids is 1. The Hall–Kier alpha value is -2.30. The van der Waals surface area contributed by atoms with Crippen LogP contribution in [-0.4, -0.2) is 12.7 Å². The normalized spacial score (nSPS) is 10.6. The topological polar surface area (TPSA) is 68.5 Å². The molecule has 0 saturated heterocycles. The molecule has 0 spiro atoms. The van der Waals surface area contributed by atoms with Gasteiger partial charge in [0.25, 0.3) is 0 Å². The summed E-state index contributed by atoms with van der Waals surface area (Å²) in [4.78, 5) is 23.2. The number of rotatable bonds is 3. The van der Waals surface area contributed by atoms with Gasteiger partial charge in [-0.25, -0.2) is 9.59 Å². The van der Waals surface area contributed by atoms with Crippen LogP contribution in [0.25, 0.3) is 11.0 Å². The Morgan fingerprint density at radius 3 is 2.75 bits per heavy atom. The van der Waals surface area contributed by atoms with E-state index in [1.165, 1.54) is 0 Å². The van der Waals surface area contributed by atoms with Crippen molar-refractivity contribution in [3.05, 3.63) is 39.7 Å². The molecule has 0 atom stereocenters. The fraction of sp³-hybridized carbons (Fsp3) is 0.333. The lowest BCUT2D eigenvalue weighted by Gasteiger charge is -2.08. The zero-order valence-electron chi connectivity index (χ0n) is 11.8. The molecule has 5 heteroatoms. The number of hydrogen-bond donors (Lipinski definition) is 1. The second kappa shape index (κ2) is 5.77. The molecule has 0 aliphatic carbocycles. The van der Waals surface area contributed by atoms with E-state index >= 15 is 0 Å². The van der Waals surface area contributed by atoms with Crippen molar-refractivity contribution in [2.75, 3.05) is 11.9 Å². The molecule has 106 valence electrons. The van der Waals surface area contributed by atoms with Gasteiger partial charge in [-0.05, 0) is 38.0 Å². The third kappa shape index (κ3) is 2.66. The highest BCUT2D eigenvalue weighted by atomic mass is 16.5.